The first-order chi connectivity index (χ1) is 9.61. The number of hydrazine groups is 1. The Kier molecular flexibility index (Phi) is 3.08. The number of nitrogens with one attached hydrogen (secondary N) is 3. The molecule has 1 saturated heterocycles. The molecule has 0 aliphatic carbocycles. The van der Waals surface area contributed by atoms with Crippen molar-refractivity contribution in [3.8, 4) is 6.07 Å². The molecule has 0 saturated carbocycles. The fourth-order valence-electron chi connectivity index (χ4n) is 2.72. The maximum Gasteiger partial charge on any atom is 0.203 e. The highest BCUT2D eigenvalue weighted by atomic mass is 35.5. The van der Waals surface area contributed by atoms with Crippen molar-refractivity contribution in [2.75, 3.05) is 0 Å². The Bertz CT molecular complexity index is 634. The summed E-state index contributed by atoms with van der Waals surface area (Å²) in [7, 11) is 0. The van der Waals surface area contributed by atoms with Crippen LogP contribution in [0.5, 0.6) is 0 Å². The summed E-state index contributed by atoms with van der Waals surface area (Å²) in [5.74, 6) is 0.172. The lowest BCUT2D eigenvalue weighted by atomic mass is 9.91. The number of halogens is 1. The van der Waals surface area contributed by atoms with Gasteiger partial charge in [-0.05, 0) is 24.6 Å². The third kappa shape index (κ3) is 1.92. The van der Waals surface area contributed by atoms with Crippen LogP contribution in [0, 0.1) is 16.7 Å². The van der Waals surface area contributed by atoms with Crippen LogP contribution in [0.25, 0.3) is 0 Å². The van der Waals surface area contributed by atoms with Crippen LogP contribution in [0.3, 0.4) is 0 Å². The van der Waals surface area contributed by atoms with E-state index in [1.807, 2.05) is 37.3 Å². The lowest BCUT2D eigenvalue weighted by Crippen LogP contribution is -2.55. The molecule has 2 heterocycles. The number of benzene rings is 1. The van der Waals surface area contributed by atoms with Gasteiger partial charge in [-0.1, -0.05) is 23.7 Å². The summed E-state index contributed by atoms with van der Waals surface area (Å²) < 4.78 is 0. The molecular formula is C13H13ClN6. The van der Waals surface area contributed by atoms with E-state index < -0.39 is 0 Å². The summed E-state index contributed by atoms with van der Waals surface area (Å²) in [6, 6.07) is 9.67. The summed E-state index contributed by atoms with van der Waals surface area (Å²) in [4.78, 5) is 0. The molecule has 0 spiro atoms. The molecule has 1 fully saturated rings. The van der Waals surface area contributed by atoms with E-state index in [9.17, 15) is 0 Å². The van der Waals surface area contributed by atoms with Crippen molar-refractivity contribution < 1.29 is 0 Å². The molecule has 1 aromatic carbocycles. The first-order valence-corrected chi connectivity index (χ1v) is 6.62. The number of rotatable bonds is 1. The molecule has 0 bridgehead atoms. The number of amidine groups is 1. The summed E-state index contributed by atoms with van der Waals surface area (Å²) in [6.07, 6.45) is -0.201. The van der Waals surface area contributed by atoms with Crippen LogP contribution in [0.4, 0.5) is 0 Å². The highest BCUT2D eigenvalue weighted by Crippen LogP contribution is 2.33. The zero-order valence-corrected chi connectivity index (χ0v) is 11.5. The fourth-order valence-corrected chi connectivity index (χ4v) is 2.92. The molecule has 0 amide bonds. The lowest BCUT2D eigenvalue weighted by Gasteiger charge is -2.31. The van der Waals surface area contributed by atoms with Gasteiger partial charge in [-0.2, -0.15) is 10.4 Å². The minimum Gasteiger partial charge on any atom is -0.284 e. The van der Waals surface area contributed by atoms with E-state index in [-0.39, 0.29) is 29.7 Å². The topological polar surface area (TPSA) is 87.3 Å². The van der Waals surface area contributed by atoms with Gasteiger partial charge in [0.1, 0.15) is 12.2 Å². The fraction of sp³-hybridized carbons (Fsp3) is 0.308. The van der Waals surface area contributed by atoms with Gasteiger partial charge in [0.2, 0.25) is 5.71 Å². The first kappa shape index (κ1) is 12.9. The van der Waals surface area contributed by atoms with Crippen molar-refractivity contribution in [1.29, 1.82) is 10.7 Å². The molecule has 2 aliphatic rings. The van der Waals surface area contributed by atoms with Crippen molar-refractivity contribution in [3.05, 3.63) is 34.9 Å². The largest absolute Gasteiger partial charge is 0.284 e. The second kappa shape index (κ2) is 4.78. The van der Waals surface area contributed by atoms with Gasteiger partial charge in [0.05, 0.1) is 0 Å². The van der Waals surface area contributed by atoms with Crippen LogP contribution in [-0.2, 0) is 0 Å². The molecule has 3 unspecified atom stereocenters. The Balaban J connectivity index is 1.97. The summed E-state index contributed by atoms with van der Waals surface area (Å²) in [6.45, 7) is 2.03. The third-order valence-corrected chi connectivity index (χ3v) is 3.85. The average molecular weight is 289 g/mol. The molecule has 2 aliphatic heterocycles. The molecule has 7 heteroatoms. The molecule has 0 aromatic heterocycles. The monoisotopic (exact) mass is 288 g/mol. The van der Waals surface area contributed by atoms with Crippen molar-refractivity contribution in [2.24, 2.45) is 5.10 Å². The van der Waals surface area contributed by atoms with E-state index in [0.717, 1.165) is 5.56 Å². The van der Waals surface area contributed by atoms with Crippen LogP contribution < -0.4 is 10.9 Å². The van der Waals surface area contributed by atoms with Gasteiger partial charge in [-0.25, -0.2) is 5.43 Å². The Morgan fingerprint density at radius 3 is 3.00 bits per heavy atom. The average Bonchev–Trinajstić information content (AvgIpc) is 2.76. The van der Waals surface area contributed by atoms with Crippen LogP contribution in [0.2, 0.25) is 5.02 Å². The normalized spacial score (nSPS) is 28.4. The second-order valence-corrected chi connectivity index (χ2v) is 5.30. The molecule has 6 nitrogen and oxygen atoms in total. The number of hydrogen-bond donors (Lipinski definition) is 3. The Morgan fingerprint density at radius 2 is 2.30 bits per heavy atom. The van der Waals surface area contributed by atoms with E-state index in [2.05, 4.69) is 16.0 Å². The van der Waals surface area contributed by atoms with Gasteiger partial charge in [0.25, 0.3) is 0 Å². The van der Waals surface area contributed by atoms with E-state index in [1.54, 1.807) is 5.01 Å². The minimum absolute atomic E-state index is 0.0766. The van der Waals surface area contributed by atoms with Gasteiger partial charge in [0, 0.05) is 17.0 Å². The van der Waals surface area contributed by atoms with E-state index in [0.29, 0.717) is 5.02 Å². The molecule has 102 valence electrons. The van der Waals surface area contributed by atoms with Crippen LogP contribution in [0.1, 0.15) is 18.4 Å². The summed E-state index contributed by atoms with van der Waals surface area (Å²) in [5.41, 5.74) is 7.31. The zero-order chi connectivity index (χ0) is 14.3. The van der Waals surface area contributed by atoms with Crippen molar-refractivity contribution in [2.45, 2.75) is 25.0 Å². The van der Waals surface area contributed by atoms with Crippen LogP contribution >= 0.6 is 11.6 Å². The molecule has 20 heavy (non-hydrogen) atoms. The van der Waals surface area contributed by atoms with E-state index in [1.165, 1.54) is 0 Å². The van der Waals surface area contributed by atoms with Crippen molar-refractivity contribution >= 4 is 23.1 Å². The molecule has 3 atom stereocenters. The maximum absolute atomic E-state index is 8.93. The summed E-state index contributed by atoms with van der Waals surface area (Å²) >= 11 is 6.05. The van der Waals surface area contributed by atoms with Gasteiger partial charge in [-0.3, -0.25) is 15.8 Å². The SMILES string of the molecule is CC1NN2C(=N)C(C#N)=NNC2C1c1cccc(Cl)c1. The van der Waals surface area contributed by atoms with Crippen molar-refractivity contribution in [1.82, 2.24) is 15.9 Å². The van der Waals surface area contributed by atoms with Gasteiger partial charge >= 0.3 is 0 Å². The molecule has 1 aromatic rings. The number of hydrogen-bond acceptors (Lipinski definition) is 5. The lowest BCUT2D eigenvalue weighted by molar-refractivity contribution is 0.255. The maximum atomic E-state index is 8.93. The Morgan fingerprint density at radius 1 is 1.50 bits per heavy atom. The third-order valence-electron chi connectivity index (χ3n) is 3.61. The first-order valence-electron chi connectivity index (χ1n) is 6.25. The summed E-state index contributed by atoms with van der Waals surface area (Å²) in [5, 5.41) is 23.2. The zero-order valence-electron chi connectivity index (χ0n) is 10.8. The van der Waals surface area contributed by atoms with E-state index in [4.69, 9.17) is 22.3 Å². The van der Waals surface area contributed by atoms with Crippen LogP contribution in [-0.4, -0.2) is 28.8 Å². The molecular weight excluding hydrogens is 276 g/mol. The second-order valence-electron chi connectivity index (χ2n) is 4.86. The molecule has 3 N–H and O–H groups in total. The number of nitrogens with zero attached hydrogens (tertiary/aromatic N) is 3. The van der Waals surface area contributed by atoms with Crippen LogP contribution in [0.15, 0.2) is 29.4 Å². The van der Waals surface area contributed by atoms with Gasteiger partial charge < -0.3 is 0 Å². The smallest absolute Gasteiger partial charge is 0.203 e. The van der Waals surface area contributed by atoms with E-state index >= 15 is 0 Å². The number of nitriles is 1. The predicted molar refractivity (Wildman–Crippen MR) is 76.3 cm³/mol. The van der Waals surface area contributed by atoms with Crippen molar-refractivity contribution in [3.63, 3.8) is 0 Å². The Hall–Kier alpha value is -2.10. The highest BCUT2D eigenvalue weighted by molar-refractivity contribution is 6.46. The Labute approximate surface area is 121 Å². The standard InChI is InChI=1S/C13H13ClN6/c1-7-11(8-3-2-4-9(14)5-8)13-18-17-10(6-15)12(16)20(13)19-7/h2-5,7,11,13,16,18-19H,1H3. The number of hydrazone groups is 1. The molecule has 0 radical (unpaired) electrons. The van der Waals surface area contributed by atoms with Gasteiger partial charge in [0.15, 0.2) is 5.84 Å². The number of fused-ring (bicyclic) bond motifs is 1. The highest BCUT2D eigenvalue weighted by Gasteiger charge is 2.44. The minimum atomic E-state index is -0.201. The predicted octanol–water partition coefficient (Wildman–Crippen LogP) is 1.42. The van der Waals surface area contributed by atoms with Gasteiger partial charge in [-0.15, -0.1) is 0 Å². The molecule has 3 rings (SSSR count). The quantitative estimate of drug-likeness (QED) is 0.729.